The Kier molecular flexibility index (Phi) is 49.4. The largest absolute Gasteiger partial charge is 0.400 e. The van der Waals surface area contributed by atoms with E-state index in [1.165, 1.54) is 0 Å². The molecule has 7 nitrogen and oxygen atoms in total. The van der Waals surface area contributed by atoms with Crippen LogP contribution in [0.25, 0.3) is 0 Å². The molecule has 0 saturated carbocycles. The molecule has 0 aromatic carbocycles. The number of hydrogen-bond donors (Lipinski definition) is 2. The van der Waals surface area contributed by atoms with Crippen LogP contribution in [0.4, 0.5) is 0 Å². The van der Waals surface area contributed by atoms with E-state index < -0.39 is 0 Å². The summed E-state index contributed by atoms with van der Waals surface area (Å²) in [5, 5.41) is 15.1. The molecule has 0 aliphatic heterocycles. The van der Waals surface area contributed by atoms with E-state index in [0.29, 0.717) is 46.0 Å². The number of aliphatic hydroxyl groups is 1. The molecule has 0 aliphatic carbocycles. The van der Waals surface area contributed by atoms with Crippen LogP contribution in [0.1, 0.15) is 20.3 Å². The lowest BCUT2D eigenvalue weighted by atomic mass is 10.5. The van der Waals surface area contributed by atoms with E-state index in [1.54, 1.807) is 14.2 Å². The maximum absolute atomic E-state index is 8.06. The molecule has 7 heteroatoms. The van der Waals surface area contributed by atoms with Crippen molar-refractivity contribution in [2.75, 3.05) is 67.5 Å². The summed E-state index contributed by atoms with van der Waals surface area (Å²) < 4.78 is 19.6. The molecule has 0 saturated heterocycles. The van der Waals surface area contributed by atoms with E-state index in [0.717, 1.165) is 20.1 Å². The van der Waals surface area contributed by atoms with E-state index in [2.05, 4.69) is 0 Å². The number of aliphatic hydroxyl groups excluding tert-OH is 1. The lowest BCUT2D eigenvalue weighted by molar-refractivity contribution is 0.0702. The first kappa shape index (κ1) is 28.4. The molecule has 0 aromatic heterocycles. The third kappa shape index (κ3) is 45.3. The summed E-state index contributed by atoms with van der Waals surface area (Å²) in [4.78, 5) is 0. The molecule has 0 aliphatic rings. The number of rotatable bonds is 11. The Hall–Kier alpha value is -0.750. The molecule has 0 heterocycles. The topological polar surface area (TPSA) is 107 Å². The van der Waals surface area contributed by atoms with Crippen LogP contribution in [-0.2, 0) is 18.9 Å². The molecule has 3 N–H and O–H groups in total. The normalized spacial score (nSPS) is 8.38. The predicted molar refractivity (Wildman–Crippen MR) is 84.2 cm³/mol. The molecule has 0 bridgehead atoms. The van der Waals surface area contributed by atoms with Gasteiger partial charge < -0.3 is 29.8 Å². The Morgan fingerprint density at radius 1 is 0.905 bits per heavy atom. The quantitative estimate of drug-likeness (QED) is 0.544. The smallest absolute Gasteiger partial charge is 0.0700 e. The fourth-order valence-electron chi connectivity index (χ4n) is 0.792. The van der Waals surface area contributed by atoms with Crippen LogP contribution >= 0.6 is 0 Å². The molecule has 0 spiro atoms. The van der Waals surface area contributed by atoms with Crippen molar-refractivity contribution >= 4 is 0 Å². The van der Waals surface area contributed by atoms with Crippen LogP contribution in [0.5, 0.6) is 0 Å². The third-order valence-electron chi connectivity index (χ3n) is 1.71. The molecule has 0 fully saturated rings. The van der Waals surface area contributed by atoms with Crippen molar-refractivity contribution in [2.24, 2.45) is 5.73 Å². The van der Waals surface area contributed by atoms with Gasteiger partial charge in [0, 0.05) is 27.9 Å². The van der Waals surface area contributed by atoms with Gasteiger partial charge in [-0.3, -0.25) is 0 Å². The molecule has 0 radical (unpaired) electrons. The van der Waals surface area contributed by atoms with Crippen LogP contribution in [0.3, 0.4) is 0 Å². The van der Waals surface area contributed by atoms with Gasteiger partial charge in [0.2, 0.25) is 0 Å². The van der Waals surface area contributed by atoms with E-state index in [1.807, 2.05) is 6.07 Å². The summed E-state index contributed by atoms with van der Waals surface area (Å²) in [5.41, 5.74) is 5.23. The first-order chi connectivity index (χ1) is 9.83. The number of hydrogen-bond acceptors (Lipinski definition) is 7. The zero-order valence-corrected chi connectivity index (χ0v) is 13.0. The van der Waals surface area contributed by atoms with Gasteiger partial charge in [0.1, 0.15) is 0 Å². The average molecular weight is 310 g/mol. The highest BCUT2D eigenvalue weighted by atomic mass is 16.5. The van der Waals surface area contributed by atoms with Gasteiger partial charge in [0.15, 0.2) is 0 Å². The van der Waals surface area contributed by atoms with Crippen LogP contribution in [-0.4, -0.2) is 72.6 Å². The summed E-state index contributed by atoms with van der Waals surface area (Å²) in [7, 11) is 4.28. The van der Waals surface area contributed by atoms with Crippen LogP contribution < -0.4 is 5.73 Å². The summed E-state index contributed by atoms with van der Waals surface area (Å²) >= 11 is 0. The number of nitriles is 1. The van der Waals surface area contributed by atoms with Crippen molar-refractivity contribution in [3.05, 3.63) is 0 Å². The zero-order chi connectivity index (χ0) is 15.9. The van der Waals surface area contributed by atoms with Crippen LogP contribution in [0.2, 0.25) is 0 Å². The van der Waals surface area contributed by atoms with Crippen molar-refractivity contribution < 1.29 is 24.1 Å². The Balaban J connectivity index is -0.000000118. The predicted octanol–water partition coefficient (Wildman–Crippen LogP) is 0.806. The molecule has 21 heavy (non-hydrogen) atoms. The summed E-state index contributed by atoms with van der Waals surface area (Å²) in [6, 6.07) is 1.98. The fraction of sp³-hybridized carbons (Fsp3) is 0.929. The Labute approximate surface area is 129 Å². The van der Waals surface area contributed by atoms with Crippen LogP contribution in [0.15, 0.2) is 0 Å². The summed E-state index contributed by atoms with van der Waals surface area (Å²) in [6.07, 6.45) is 1.40. The highest BCUT2D eigenvalue weighted by Crippen LogP contribution is 1.79. The van der Waals surface area contributed by atoms with Crippen molar-refractivity contribution in [1.82, 2.24) is 0 Å². The fourth-order valence-corrected chi connectivity index (χ4v) is 0.792. The van der Waals surface area contributed by atoms with Gasteiger partial charge in [0.05, 0.1) is 45.5 Å². The van der Waals surface area contributed by atoms with E-state index in [9.17, 15) is 0 Å². The summed E-state index contributed by atoms with van der Waals surface area (Å²) in [5.74, 6) is 0. The monoisotopic (exact) mass is 310 g/mol. The molecular formula is C14H34N2O5. The SMILES string of the molecule is C.CO.COCCOCCC#N.COCCOCCCN. The zero-order valence-electron chi connectivity index (χ0n) is 13.0. The van der Waals surface area contributed by atoms with Gasteiger partial charge in [0.25, 0.3) is 0 Å². The van der Waals surface area contributed by atoms with Crippen molar-refractivity contribution in [3.63, 3.8) is 0 Å². The first-order valence-electron chi connectivity index (χ1n) is 6.48. The highest BCUT2D eigenvalue weighted by molar-refractivity contribution is 4.66. The van der Waals surface area contributed by atoms with Gasteiger partial charge in [-0.15, -0.1) is 0 Å². The molecule has 0 unspecified atom stereocenters. The molecular weight excluding hydrogens is 276 g/mol. The first-order valence-corrected chi connectivity index (χ1v) is 6.48. The van der Waals surface area contributed by atoms with Gasteiger partial charge in [-0.2, -0.15) is 5.26 Å². The molecule has 130 valence electrons. The van der Waals surface area contributed by atoms with Crippen molar-refractivity contribution in [2.45, 2.75) is 20.3 Å². The average Bonchev–Trinajstić information content (AvgIpc) is 2.50. The molecule has 0 aromatic rings. The molecule has 0 amide bonds. The number of ether oxygens (including phenoxy) is 4. The van der Waals surface area contributed by atoms with E-state index in [-0.39, 0.29) is 7.43 Å². The molecule has 0 atom stereocenters. The Bertz CT molecular complexity index is 171. The van der Waals surface area contributed by atoms with Gasteiger partial charge in [-0.1, -0.05) is 7.43 Å². The lowest BCUT2D eigenvalue weighted by Crippen LogP contribution is -2.07. The Morgan fingerprint density at radius 2 is 1.38 bits per heavy atom. The van der Waals surface area contributed by atoms with Crippen LogP contribution in [0, 0.1) is 11.3 Å². The minimum Gasteiger partial charge on any atom is -0.400 e. The van der Waals surface area contributed by atoms with Gasteiger partial charge >= 0.3 is 0 Å². The maximum atomic E-state index is 8.06. The molecule has 0 rings (SSSR count). The maximum Gasteiger partial charge on any atom is 0.0700 e. The standard InChI is InChI=1S/C6H15NO2.C6H11NO2.CH4O.CH4/c2*1-8-5-6-9-4-2-3-7;1-2;/h2-7H2,1H3;2,4-6H2,1H3;2H,1H3;1H4. The van der Waals surface area contributed by atoms with Gasteiger partial charge in [-0.05, 0) is 13.0 Å². The highest BCUT2D eigenvalue weighted by Gasteiger charge is 1.85. The third-order valence-corrected chi connectivity index (χ3v) is 1.71. The number of nitrogens with zero attached hydrogens (tertiary/aromatic N) is 1. The minimum absolute atomic E-state index is 0. The van der Waals surface area contributed by atoms with Crippen molar-refractivity contribution in [3.8, 4) is 6.07 Å². The van der Waals surface area contributed by atoms with Gasteiger partial charge in [-0.25, -0.2) is 0 Å². The number of nitrogens with two attached hydrogens (primary N) is 1. The summed E-state index contributed by atoms with van der Waals surface area (Å²) in [6.45, 7) is 4.50. The second-order valence-electron chi connectivity index (χ2n) is 3.26. The second kappa shape index (κ2) is 36.5. The Morgan fingerprint density at radius 3 is 1.76 bits per heavy atom. The minimum atomic E-state index is 0. The van der Waals surface area contributed by atoms with Crippen molar-refractivity contribution in [1.29, 1.82) is 5.26 Å². The second-order valence-corrected chi connectivity index (χ2v) is 3.26. The van der Waals surface area contributed by atoms with E-state index >= 15 is 0 Å². The number of methoxy groups -OCH3 is 2. The van der Waals surface area contributed by atoms with E-state index in [4.69, 9.17) is 35.0 Å². The lowest BCUT2D eigenvalue weighted by Gasteiger charge is -2.00.